The van der Waals surface area contributed by atoms with Crippen molar-refractivity contribution in [2.75, 3.05) is 13.2 Å². The van der Waals surface area contributed by atoms with Crippen molar-refractivity contribution in [3.8, 4) is 5.75 Å². The molecule has 0 bridgehead atoms. The minimum atomic E-state index is -0.101. The highest BCUT2D eigenvalue weighted by atomic mass is 16.5. The van der Waals surface area contributed by atoms with E-state index in [-0.39, 0.29) is 12.5 Å². The van der Waals surface area contributed by atoms with Crippen LogP contribution in [0.5, 0.6) is 5.75 Å². The summed E-state index contributed by atoms with van der Waals surface area (Å²) in [6.07, 6.45) is 2.76. The predicted octanol–water partition coefficient (Wildman–Crippen LogP) is 3.57. The number of fused-ring (bicyclic) bond motifs is 1. The van der Waals surface area contributed by atoms with Crippen LogP contribution in [0.3, 0.4) is 0 Å². The van der Waals surface area contributed by atoms with Gasteiger partial charge in [0.15, 0.2) is 6.61 Å². The summed E-state index contributed by atoms with van der Waals surface area (Å²) >= 11 is 0. The summed E-state index contributed by atoms with van der Waals surface area (Å²) in [4.78, 5) is 16.6. The molecular weight excluding hydrogens is 326 g/mol. The average Bonchev–Trinajstić information content (AvgIpc) is 3.02. The van der Waals surface area contributed by atoms with Crippen LogP contribution in [0, 0.1) is 0 Å². The molecular formula is C21H25N3O2. The number of para-hydroxylation sites is 3. The van der Waals surface area contributed by atoms with E-state index in [1.165, 1.54) is 5.52 Å². The van der Waals surface area contributed by atoms with Crippen molar-refractivity contribution in [2.24, 2.45) is 0 Å². The highest BCUT2D eigenvalue weighted by Gasteiger charge is 2.09. The lowest BCUT2D eigenvalue weighted by atomic mass is 10.3. The molecule has 3 rings (SSSR count). The van der Waals surface area contributed by atoms with Crippen LogP contribution in [0.1, 0.15) is 25.6 Å². The van der Waals surface area contributed by atoms with Gasteiger partial charge in [0.1, 0.15) is 11.6 Å². The first kappa shape index (κ1) is 18.0. The number of carbonyl (C=O) groups excluding carboxylic acids is 1. The molecule has 0 unspecified atom stereocenters. The van der Waals surface area contributed by atoms with E-state index < -0.39 is 0 Å². The number of benzene rings is 2. The second-order valence-electron chi connectivity index (χ2n) is 6.22. The van der Waals surface area contributed by atoms with Gasteiger partial charge in [0.25, 0.3) is 5.91 Å². The summed E-state index contributed by atoms with van der Waals surface area (Å²) in [6, 6.07) is 17.6. The molecule has 5 heteroatoms. The molecule has 136 valence electrons. The topological polar surface area (TPSA) is 56.2 Å². The van der Waals surface area contributed by atoms with Gasteiger partial charge in [-0.1, -0.05) is 37.3 Å². The molecule has 26 heavy (non-hydrogen) atoms. The van der Waals surface area contributed by atoms with Crippen molar-refractivity contribution < 1.29 is 9.53 Å². The number of aromatic nitrogens is 2. The van der Waals surface area contributed by atoms with Gasteiger partial charge in [-0.2, -0.15) is 0 Å². The van der Waals surface area contributed by atoms with Crippen molar-refractivity contribution in [3.63, 3.8) is 0 Å². The predicted molar refractivity (Wildman–Crippen MR) is 103 cm³/mol. The summed E-state index contributed by atoms with van der Waals surface area (Å²) in [7, 11) is 0. The lowest BCUT2D eigenvalue weighted by Gasteiger charge is -2.09. The van der Waals surface area contributed by atoms with Crippen molar-refractivity contribution in [3.05, 3.63) is 60.4 Å². The van der Waals surface area contributed by atoms with Crippen molar-refractivity contribution in [2.45, 2.75) is 32.7 Å². The quantitative estimate of drug-likeness (QED) is 0.600. The molecule has 0 fully saturated rings. The molecule has 1 N–H and O–H groups in total. The van der Waals surface area contributed by atoms with Crippen LogP contribution in [0.15, 0.2) is 54.6 Å². The summed E-state index contributed by atoms with van der Waals surface area (Å²) in [5.74, 6) is 1.69. The number of carbonyl (C=O) groups is 1. The molecule has 0 atom stereocenters. The largest absolute Gasteiger partial charge is 0.484 e. The smallest absolute Gasteiger partial charge is 0.257 e. The Balaban J connectivity index is 1.47. The summed E-state index contributed by atoms with van der Waals surface area (Å²) < 4.78 is 7.73. The van der Waals surface area contributed by atoms with E-state index in [1.54, 1.807) is 0 Å². The number of nitrogens with one attached hydrogen (secondary N) is 1. The third-order valence-corrected chi connectivity index (χ3v) is 4.19. The molecule has 0 aliphatic heterocycles. The van der Waals surface area contributed by atoms with Gasteiger partial charge in [0, 0.05) is 19.5 Å². The van der Waals surface area contributed by atoms with Crippen LogP contribution in [-0.4, -0.2) is 28.6 Å². The van der Waals surface area contributed by atoms with E-state index >= 15 is 0 Å². The Morgan fingerprint density at radius 3 is 2.69 bits per heavy atom. The fourth-order valence-corrected chi connectivity index (χ4v) is 2.98. The van der Waals surface area contributed by atoms with E-state index in [2.05, 4.69) is 22.9 Å². The summed E-state index contributed by atoms with van der Waals surface area (Å²) in [5, 5.41) is 2.91. The first-order valence-electron chi connectivity index (χ1n) is 9.16. The van der Waals surface area contributed by atoms with E-state index in [0.717, 1.165) is 37.1 Å². The number of ether oxygens (including phenoxy) is 1. The molecule has 0 saturated heterocycles. The monoisotopic (exact) mass is 351 g/mol. The number of imidazole rings is 1. The maximum Gasteiger partial charge on any atom is 0.257 e. The standard InChI is InChI=1S/C21H25N3O2/c1-2-15-24-19-12-7-6-11-18(19)23-20(24)13-8-14-22-21(25)16-26-17-9-4-3-5-10-17/h3-7,9-12H,2,8,13-16H2,1H3,(H,22,25). The molecule has 0 saturated carbocycles. The normalized spacial score (nSPS) is 10.8. The molecule has 1 aromatic heterocycles. The third kappa shape index (κ3) is 4.63. The lowest BCUT2D eigenvalue weighted by Crippen LogP contribution is -2.30. The van der Waals surface area contributed by atoms with Gasteiger partial charge in [0.05, 0.1) is 11.0 Å². The minimum Gasteiger partial charge on any atom is -0.484 e. The highest BCUT2D eigenvalue weighted by molar-refractivity contribution is 5.77. The van der Waals surface area contributed by atoms with Crippen LogP contribution < -0.4 is 10.1 Å². The van der Waals surface area contributed by atoms with Crippen molar-refractivity contribution >= 4 is 16.9 Å². The van der Waals surface area contributed by atoms with Crippen molar-refractivity contribution in [1.29, 1.82) is 0 Å². The number of hydrogen-bond donors (Lipinski definition) is 1. The molecule has 0 aliphatic rings. The number of hydrogen-bond acceptors (Lipinski definition) is 3. The SMILES string of the molecule is CCCn1c(CCCNC(=O)COc2ccccc2)nc2ccccc21. The number of amides is 1. The van der Waals surface area contributed by atoms with Gasteiger partial charge < -0.3 is 14.6 Å². The van der Waals surface area contributed by atoms with Gasteiger partial charge >= 0.3 is 0 Å². The zero-order valence-electron chi connectivity index (χ0n) is 15.1. The molecule has 0 aliphatic carbocycles. The Bertz CT molecular complexity index is 843. The maximum absolute atomic E-state index is 11.9. The minimum absolute atomic E-state index is 0.0400. The Labute approximate surface area is 154 Å². The highest BCUT2D eigenvalue weighted by Crippen LogP contribution is 2.17. The molecule has 2 aromatic carbocycles. The van der Waals surface area contributed by atoms with Crippen LogP contribution in [-0.2, 0) is 17.8 Å². The maximum atomic E-state index is 11.9. The van der Waals surface area contributed by atoms with Gasteiger partial charge in [-0.25, -0.2) is 4.98 Å². The van der Waals surface area contributed by atoms with Gasteiger partial charge in [-0.3, -0.25) is 4.79 Å². The number of rotatable bonds is 9. The molecule has 1 heterocycles. The second-order valence-corrected chi connectivity index (χ2v) is 6.22. The first-order valence-corrected chi connectivity index (χ1v) is 9.16. The van der Waals surface area contributed by atoms with E-state index in [9.17, 15) is 4.79 Å². The fraction of sp³-hybridized carbons (Fsp3) is 0.333. The lowest BCUT2D eigenvalue weighted by molar-refractivity contribution is -0.123. The van der Waals surface area contributed by atoms with E-state index in [4.69, 9.17) is 9.72 Å². The van der Waals surface area contributed by atoms with E-state index in [1.807, 2.05) is 48.5 Å². The van der Waals surface area contributed by atoms with Crippen LogP contribution in [0.25, 0.3) is 11.0 Å². The molecule has 0 spiro atoms. The summed E-state index contributed by atoms with van der Waals surface area (Å²) in [6.45, 7) is 3.79. The number of nitrogens with zero attached hydrogens (tertiary/aromatic N) is 2. The van der Waals surface area contributed by atoms with Crippen LogP contribution in [0.2, 0.25) is 0 Å². The van der Waals surface area contributed by atoms with E-state index in [0.29, 0.717) is 12.3 Å². The fourth-order valence-electron chi connectivity index (χ4n) is 2.98. The summed E-state index contributed by atoms with van der Waals surface area (Å²) in [5.41, 5.74) is 2.22. The Hall–Kier alpha value is -2.82. The van der Waals surface area contributed by atoms with Crippen LogP contribution in [0.4, 0.5) is 0 Å². The number of aryl methyl sites for hydroxylation is 2. The Morgan fingerprint density at radius 2 is 1.88 bits per heavy atom. The first-order chi connectivity index (χ1) is 12.8. The zero-order valence-corrected chi connectivity index (χ0v) is 15.1. The molecule has 5 nitrogen and oxygen atoms in total. The zero-order chi connectivity index (χ0) is 18.2. The van der Waals surface area contributed by atoms with Crippen molar-refractivity contribution in [1.82, 2.24) is 14.9 Å². The molecule has 3 aromatic rings. The Morgan fingerprint density at radius 1 is 1.12 bits per heavy atom. The third-order valence-electron chi connectivity index (χ3n) is 4.19. The van der Waals surface area contributed by atoms with Gasteiger partial charge in [0.2, 0.25) is 0 Å². The average molecular weight is 351 g/mol. The van der Waals surface area contributed by atoms with Gasteiger partial charge in [-0.05, 0) is 37.1 Å². The van der Waals surface area contributed by atoms with Crippen LogP contribution >= 0.6 is 0 Å². The molecule has 0 radical (unpaired) electrons. The Kier molecular flexibility index (Phi) is 6.25. The second kappa shape index (κ2) is 9.04. The van der Waals surface area contributed by atoms with Gasteiger partial charge in [-0.15, -0.1) is 0 Å². The molecule has 1 amide bonds.